The first-order chi connectivity index (χ1) is 12.5. The number of carbonyl (C=O) groups excluding carboxylic acids is 1. The number of carbonyl (C=O) groups is 1. The summed E-state index contributed by atoms with van der Waals surface area (Å²) in [6.45, 7) is 0. The minimum absolute atomic E-state index is 0.115. The summed E-state index contributed by atoms with van der Waals surface area (Å²) in [6.07, 6.45) is 1.68. The van der Waals surface area contributed by atoms with E-state index in [9.17, 15) is 18.4 Å². The second-order valence-corrected chi connectivity index (χ2v) is 6.65. The Morgan fingerprint density at radius 1 is 1.27 bits per heavy atom. The molecule has 9 heteroatoms. The molecular formula is C17H13F2N5O2. The van der Waals surface area contributed by atoms with Crippen molar-refractivity contribution in [1.29, 1.82) is 0 Å². The van der Waals surface area contributed by atoms with Crippen molar-refractivity contribution in [2.24, 2.45) is 5.92 Å². The van der Waals surface area contributed by atoms with E-state index < -0.39 is 17.5 Å². The van der Waals surface area contributed by atoms with Crippen LogP contribution in [0.2, 0.25) is 0 Å². The van der Waals surface area contributed by atoms with Crippen LogP contribution in [-0.2, 0) is 6.42 Å². The lowest BCUT2D eigenvalue weighted by molar-refractivity contribution is 0.102. The van der Waals surface area contributed by atoms with Gasteiger partial charge < -0.3 is 5.32 Å². The van der Waals surface area contributed by atoms with Crippen LogP contribution in [0.4, 0.5) is 14.6 Å². The molecule has 0 bridgehead atoms. The number of aromatic nitrogens is 4. The zero-order valence-corrected chi connectivity index (χ0v) is 13.3. The smallest absolute Gasteiger partial charge is 0.277 e. The summed E-state index contributed by atoms with van der Waals surface area (Å²) in [6, 6.07) is 4.49. The van der Waals surface area contributed by atoms with Crippen molar-refractivity contribution in [3.05, 3.63) is 63.2 Å². The lowest BCUT2D eigenvalue weighted by Crippen LogP contribution is -2.15. The zero-order valence-electron chi connectivity index (χ0n) is 13.3. The average Bonchev–Trinajstić information content (AvgIpc) is 2.91. The minimum atomic E-state index is -0.735. The molecular weight excluding hydrogens is 344 g/mol. The number of benzene rings is 1. The first-order valence-corrected chi connectivity index (χ1v) is 8.17. The summed E-state index contributed by atoms with van der Waals surface area (Å²) >= 11 is 0. The Kier molecular flexibility index (Phi) is 2.97. The maximum absolute atomic E-state index is 14.3. The average molecular weight is 357 g/mol. The van der Waals surface area contributed by atoms with Crippen molar-refractivity contribution >= 4 is 11.7 Å². The Hall–Kier alpha value is -3.23. The van der Waals surface area contributed by atoms with Crippen LogP contribution in [0.3, 0.4) is 0 Å². The zero-order chi connectivity index (χ0) is 18.0. The first-order valence-electron chi connectivity index (χ1n) is 8.17. The second-order valence-electron chi connectivity index (χ2n) is 6.65. The van der Waals surface area contributed by atoms with Crippen LogP contribution in [0.1, 0.15) is 34.1 Å². The van der Waals surface area contributed by atoms with E-state index >= 15 is 0 Å². The summed E-state index contributed by atoms with van der Waals surface area (Å²) in [5.41, 5.74) is 1.53. The van der Waals surface area contributed by atoms with E-state index in [-0.39, 0.29) is 28.7 Å². The molecule has 7 nitrogen and oxygen atoms in total. The Morgan fingerprint density at radius 3 is 2.85 bits per heavy atom. The quantitative estimate of drug-likeness (QED) is 0.670. The molecule has 2 aliphatic rings. The topological polar surface area (TPSA) is 95.6 Å². The van der Waals surface area contributed by atoms with E-state index in [1.807, 2.05) is 0 Å². The number of hydrogen-bond acceptors (Lipinski definition) is 3. The van der Waals surface area contributed by atoms with Crippen LogP contribution in [0.25, 0.3) is 5.69 Å². The first kappa shape index (κ1) is 15.1. The largest absolute Gasteiger partial charge is 0.305 e. The highest BCUT2D eigenvalue weighted by Crippen LogP contribution is 2.57. The van der Waals surface area contributed by atoms with Gasteiger partial charge in [0.15, 0.2) is 11.5 Å². The van der Waals surface area contributed by atoms with Crippen LogP contribution in [0.15, 0.2) is 29.1 Å². The van der Waals surface area contributed by atoms with Crippen LogP contribution >= 0.6 is 0 Å². The van der Waals surface area contributed by atoms with Crippen LogP contribution in [0, 0.1) is 17.6 Å². The van der Waals surface area contributed by atoms with E-state index in [1.54, 1.807) is 0 Å². The molecule has 1 amide bonds. The van der Waals surface area contributed by atoms with E-state index in [0.29, 0.717) is 12.3 Å². The van der Waals surface area contributed by atoms with Gasteiger partial charge in [0.2, 0.25) is 0 Å². The molecule has 2 aromatic heterocycles. The molecule has 3 N–H and O–H groups in total. The Balaban J connectivity index is 1.58. The molecule has 1 saturated carbocycles. The number of fused-ring (bicyclic) bond motifs is 3. The molecule has 26 heavy (non-hydrogen) atoms. The maximum Gasteiger partial charge on any atom is 0.277 e. The van der Waals surface area contributed by atoms with Crippen molar-refractivity contribution in [2.45, 2.75) is 18.8 Å². The number of H-pyrrole nitrogens is 2. The predicted octanol–water partition coefficient (Wildman–Crippen LogP) is 2.08. The van der Waals surface area contributed by atoms with E-state index in [0.717, 1.165) is 29.8 Å². The Bertz CT molecular complexity index is 1110. The fourth-order valence-corrected chi connectivity index (χ4v) is 3.72. The van der Waals surface area contributed by atoms with Gasteiger partial charge in [0.1, 0.15) is 17.3 Å². The van der Waals surface area contributed by atoms with Gasteiger partial charge in [-0.2, -0.15) is 5.10 Å². The standard InChI is InChI=1S/C17H13F2N5O2/c18-8-1-2-12(11(19)5-8)24-16-9-3-7(9)4-10(16)15(23-24)17(26)20-13-6-14(25)22-21-13/h1-2,5-7,9H,3-4H2,(H3,20,21,22,25,26)/t7-,9-/m1/s1. The number of hydrogen-bond donors (Lipinski definition) is 3. The number of nitrogens with one attached hydrogen (secondary N) is 3. The number of halogens is 2. The summed E-state index contributed by atoms with van der Waals surface area (Å²) in [5.74, 6) is -0.986. The summed E-state index contributed by atoms with van der Waals surface area (Å²) < 4.78 is 28.9. The predicted molar refractivity (Wildman–Crippen MR) is 87.4 cm³/mol. The SMILES string of the molecule is O=C(Nc1cc(=O)[nH][nH]1)c1nn(-c2ccc(F)cc2F)c2c1C[C@H]1C[C@@H]21. The Morgan fingerprint density at radius 2 is 2.12 bits per heavy atom. The maximum atomic E-state index is 14.3. The molecule has 0 spiro atoms. The number of aromatic amines is 2. The number of nitrogens with zero attached hydrogens (tertiary/aromatic N) is 2. The lowest BCUT2D eigenvalue weighted by atomic mass is 10.1. The third-order valence-electron chi connectivity index (χ3n) is 4.96. The minimum Gasteiger partial charge on any atom is -0.305 e. The molecule has 0 saturated heterocycles. The molecule has 1 aromatic carbocycles. The molecule has 2 atom stereocenters. The van der Waals surface area contributed by atoms with Gasteiger partial charge in [0.05, 0.1) is 5.69 Å². The fraction of sp³-hybridized carbons (Fsp3) is 0.235. The molecule has 5 rings (SSSR count). The van der Waals surface area contributed by atoms with Gasteiger partial charge >= 0.3 is 0 Å². The van der Waals surface area contributed by atoms with E-state index in [2.05, 4.69) is 20.6 Å². The highest BCUT2D eigenvalue weighted by molar-refractivity contribution is 6.03. The second kappa shape index (κ2) is 5.13. The Labute approximate surface area is 145 Å². The highest BCUT2D eigenvalue weighted by Gasteiger charge is 2.50. The molecule has 3 aromatic rings. The van der Waals surface area contributed by atoms with Gasteiger partial charge in [0.25, 0.3) is 11.5 Å². The van der Waals surface area contributed by atoms with E-state index in [1.165, 1.54) is 16.8 Å². The monoisotopic (exact) mass is 357 g/mol. The number of amides is 1. The van der Waals surface area contributed by atoms with Gasteiger partial charge in [-0.25, -0.2) is 13.5 Å². The van der Waals surface area contributed by atoms with Crippen LogP contribution < -0.4 is 10.9 Å². The highest BCUT2D eigenvalue weighted by atomic mass is 19.1. The normalized spacial score (nSPS) is 19.9. The molecule has 0 aliphatic heterocycles. The van der Waals surface area contributed by atoms with Gasteiger partial charge in [-0.05, 0) is 30.9 Å². The summed E-state index contributed by atoms with van der Waals surface area (Å²) in [5, 5.41) is 11.8. The number of rotatable bonds is 3. The van der Waals surface area contributed by atoms with Gasteiger partial charge in [-0.1, -0.05) is 0 Å². The molecule has 0 unspecified atom stereocenters. The van der Waals surface area contributed by atoms with Crippen molar-refractivity contribution in [3.63, 3.8) is 0 Å². The van der Waals surface area contributed by atoms with Gasteiger partial charge in [-0.3, -0.25) is 19.8 Å². The van der Waals surface area contributed by atoms with Crippen molar-refractivity contribution in [1.82, 2.24) is 20.0 Å². The van der Waals surface area contributed by atoms with Crippen LogP contribution in [-0.4, -0.2) is 25.9 Å². The third-order valence-corrected chi connectivity index (χ3v) is 4.96. The molecule has 0 radical (unpaired) electrons. The molecule has 132 valence electrons. The summed E-state index contributed by atoms with van der Waals surface area (Å²) in [4.78, 5) is 23.8. The van der Waals surface area contributed by atoms with Crippen LogP contribution in [0.5, 0.6) is 0 Å². The molecule has 2 heterocycles. The van der Waals surface area contributed by atoms with Crippen molar-refractivity contribution < 1.29 is 13.6 Å². The van der Waals surface area contributed by atoms with Gasteiger partial charge in [-0.15, -0.1) is 0 Å². The number of anilines is 1. The fourth-order valence-electron chi connectivity index (χ4n) is 3.72. The van der Waals surface area contributed by atoms with Crippen molar-refractivity contribution in [2.75, 3.05) is 5.32 Å². The molecule has 1 fully saturated rings. The van der Waals surface area contributed by atoms with E-state index in [4.69, 9.17) is 0 Å². The third kappa shape index (κ3) is 2.20. The lowest BCUT2D eigenvalue weighted by Gasteiger charge is -2.07. The van der Waals surface area contributed by atoms with Crippen molar-refractivity contribution in [3.8, 4) is 5.69 Å². The van der Waals surface area contributed by atoms with Gasteiger partial charge in [0, 0.05) is 23.6 Å². The summed E-state index contributed by atoms with van der Waals surface area (Å²) in [7, 11) is 0. The molecule has 2 aliphatic carbocycles.